The van der Waals surface area contributed by atoms with Gasteiger partial charge in [-0.2, -0.15) is 0 Å². The van der Waals surface area contributed by atoms with Crippen molar-refractivity contribution in [2.24, 2.45) is 0 Å². The van der Waals surface area contributed by atoms with Gasteiger partial charge < -0.3 is 34.2 Å². The molecule has 2 N–H and O–H groups in total. The highest BCUT2D eigenvalue weighted by Crippen LogP contribution is 2.22. The van der Waals surface area contributed by atoms with Gasteiger partial charge >= 0.3 is 11.9 Å². The zero-order valence-electron chi connectivity index (χ0n) is 41.0. The number of carbonyl (C=O) groups excluding carboxylic acids is 2. The van der Waals surface area contributed by atoms with Gasteiger partial charge in [-0.1, -0.05) is 206 Å². The summed E-state index contributed by atoms with van der Waals surface area (Å²) in [5, 5.41) is 17.3. The Balaban J connectivity index is 0. The molecule has 1 aliphatic rings. The second kappa shape index (κ2) is 50.4. The molecule has 1 saturated heterocycles. The Bertz CT molecular complexity index is 793. The lowest BCUT2D eigenvalue weighted by Crippen LogP contribution is -2.25. The lowest BCUT2D eigenvalue weighted by atomic mass is 10.0. The van der Waals surface area contributed by atoms with Crippen LogP contribution < -0.4 is 0 Å². The quantitative estimate of drug-likeness (QED) is 0.0459. The molecule has 1 fully saturated rings. The number of unbranched alkanes of at least 4 members (excludes halogenated alkanes) is 30. The summed E-state index contributed by atoms with van der Waals surface area (Å²) in [5.74, 6) is -0.494. The Hall–Kier alpha value is -1.26. The number of hydrogen-bond donors (Lipinski definition) is 2. The number of aliphatic hydroxyl groups excluding tert-OH is 2. The van der Waals surface area contributed by atoms with E-state index in [-0.39, 0.29) is 24.6 Å². The molecule has 1 rings (SSSR count). The summed E-state index contributed by atoms with van der Waals surface area (Å²) < 4.78 is 16.0. The maximum atomic E-state index is 11.6. The molecule has 0 bridgehead atoms. The van der Waals surface area contributed by atoms with Crippen LogP contribution in [-0.2, 0) is 23.8 Å². The summed E-state index contributed by atoms with van der Waals surface area (Å²) in [6.45, 7) is 6.85. The Morgan fingerprint density at radius 1 is 0.467 bits per heavy atom. The van der Waals surface area contributed by atoms with Crippen molar-refractivity contribution in [3.63, 3.8) is 0 Å². The molecular formula is C51H104N2O7. The van der Waals surface area contributed by atoms with Gasteiger partial charge in [0.05, 0.1) is 18.9 Å². The van der Waals surface area contributed by atoms with Gasteiger partial charge in [-0.25, -0.2) is 0 Å². The van der Waals surface area contributed by atoms with E-state index in [9.17, 15) is 9.59 Å². The third-order valence-electron chi connectivity index (χ3n) is 11.3. The summed E-state index contributed by atoms with van der Waals surface area (Å²) in [6.07, 6.45) is 45.7. The molecule has 0 spiro atoms. The van der Waals surface area contributed by atoms with Crippen LogP contribution in [0.4, 0.5) is 0 Å². The lowest BCUT2D eigenvalue weighted by molar-refractivity contribution is -0.180. The van der Waals surface area contributed by atoms with Crippen LogP contribution in [-0.4, -0.2) is 105 Å². The average molecular weight is 857 g/mol. The van der Waals surface area contributed by atoms with Gasteiger partial charge in [-0.05, 0) is 47.5 Å². The zero-order chi connectivity index (χ0) is 44.6. The summed E-state index contributed by atoms with van der Waals surface area (Å²) >= 11 is 0. The second-order valence-corrected chi connectivity index (χ2v) is 18.1. The van der Waals surface area contributed by atoms with Crippen molar-refractivity contribution in [2.45, 2.75) is 257 Å². The first-order valence-electron chi connectivity index (χ1n) is 25.7. The van der Waals surface area contributed by atoms with Crippen molar-refractivity contribution in [3.8, 4) is 0 Å². The van der Waals surface area contributed by atoms with E-state index >= 15 is 0 Å². The van der Waals surface area contributed by atoms with Gasteiger partial charge in [0.15, 0.2) is 0 Å². The van der Waals surface area contributed by atoms with Gasteiger partial charge in [0.2, 0.25) is 6.29 Å². The molecule has 0 aromatic carbocycles. The highest BCUT2D eigenvalue weighted by Gasteiger charge is 2.29. The number of esters is 2. The number of ether oxygens (including phenoxy) is 3. The second-order valence-electron chi connectivity index (χ2n) is 18.1. The molecule has 9 heteroatoms. The van der Waals surface area contributed by atoms with Crippen LogP contribution in [0.25, 0.3) is 0 Å². The first-order valence-corrected chi connectivity index (χ1v) is 25.7. The molecule has 1 aliphatic heterocycles. The molecular weight excluding hydrogens is 753 g/mol. The highest BCUT2D eigenvalue weighted by molar-refractivity contribution is 5.70. The molecule has 0 saturated carbocycles. The smallest absolute Gasteiger partial charge is 0.309 e. The molecule has 0 amide bonds. The van der Waals surface area contributed by atoms with Crippen molar-refractivity contribution >= 4 is 11.9 Å². The molecule has 2 atom stereocenters. The normalized spacial score (nSPS) is 14.8. The summed E-state index contributed by atoms with van der Waals surface area (Å²) in [4.78, 5) is 27.0. The maximum absolute atomic E-state index is 11.6. The minimum Gasteiger partial charge on any atom is -0.463 e. The maximum Gasteiger partial charge on any atom is 0.309 e. The van der Waals surface area contributed by atoms with E-state index < -0.39 is 6.29 Å². The van der Waals surface area contributed by atoms with E-state index in [0.717, 1.165) is 19.3 Å². The SMILES string of the molecule is CCCCCCCCCCCCCCCCCCO.CCCCCCCCCCCCCCCCCCO.CN(C)CCC(=O)OC[C@@H]1CC[C@H](OC(=O)CCN(C)C)O1. The number of hydrogen-bond acceptors (Lipinski definition) is 9. The number of rotatable bonds is 41. The van der Waals surface area contributed by atoms with Crippen LogP contribution in [0, 0.1) is 0 Å². The van der Waals surface area contributed by atoms with Crippen LogP contribution in [0.5, 0.6) is 0 Å². The molecule has 0 aromatic rings. The summed E-state index contributed by atoms with van der Waals surface area (Å²) in [6, 6.07) is 0. The van der Waals surface area contributed by atoms with Crippen molar-refractivity contribution in [1.29, 1.82) is 0 Å². The molecule has 9 nitrogen and oxygen atoms in total. The predicted molar refractivity (Wildman–Crippen MR) is 255 cm³/mol. The van der Waals surface area contributed by atoms with Crippen LogP contribution in [0.3, 0.4) is 0 Å². The third kappa shape index (κ3) is 51.1. The van der Waals surface area contributed by atoms with Crippen LogP contribution in [0.2, 0.25) is 0 Å². The minimum absolute atomic E-state index is 0.185. The van der Waals surface area contributed by atoms with Crippen molar-refractivity contribution < 1.29 is 34.0 Å². The largest absolute Gasteiger partial charge is 0.463 e. The Labute approximate surface area is 373 Å². The highest BCUT2D eigenvalue weighted by atomic mass is 16.7. The first kappa shape index (κ1) is 60.8. The number of nitrogens with zero attached hydrogens (tertiary/aromatic N) is 2. The zero-order valence-corrected chi connectivity index (χ0v) is 41.0. The molecule has 1 heterocycles. The van der Waals surface area contributed by atoms with E-state index in [2.05, 4.69) is 13.8 Å². The van der Waals surface area contributed by atoms with Gasteiger partial charge in [0.1, 0.15) is 6.61 Å². The van der Waals surface area contributed by atoms with E-state index in [1.165, 1.54) is 193 Å². The predicted octanol–water partition coefficient (Wildman–Crippen LogP) is 13.0. The Morgan fingerprint density at radius 2 is 0.767 bits per heavy atom. The fourth-order valence-corrected chi connectivity index (χ4v) is 7.30. The van der Waals surface area contributed by atoms with Crippen molar-refractivity contribution in [2.75, 3.05) is 61.1 Å². The van der Waals surface area contributed by atoms with E-state index in [0.29, 0.717) is 45.6 Å². The molecule has 0 radical (unpaired) electrons. The van der Waals surface area contributed by atoms with Gasteiger partial charge in [0, 0.05) is 32.7 Å². The van der Waals surface area contributed by atoms with Crippen LogP contribution in [0.1, 0.15) is 245 Å². The van der Waals surface area contributed by atoms with Gasteiger partial charge in [-0.3, -0.25) is 9.59 Å². The molecule has 0 aliphatic carbocycles. The average Bonchev–Trinajstić information content (AvgIpc) is 3.68. The molecule has 0 unspecified atom stereocenters. The minimum atomic E-state index is -0.514. The van der Waals surface area contributed by atoms with Crippen LogP contribution >= 0.6 is 0 Å². The summed E-state index contributed by atoms with van der Waals surface area (Å²) in [7, 11) is 7.62. The first-order chi connectivity index (χ1) is 29.2. The van der Waals surface area contributed by atoms with E-state index in [1.54, 1.807) is 0 Å². The Kier molecular flexibility index (Phi) is 51.1. The lowest BCUT2D eigenvalue weighted by Gasteiger charge is -2.16. The standard InChI is InChI=1S/2C18H38O.C15H28N2O5/c2*1-2-3-4-5-6-7-8-9-10-11-12-13-14-15-16-17-18-19;1-16(2)9-7-13(18)20-11-12-5-6-15(21-12)22-14(19)8-10-17(3)4/h2*19H,2-18H2,1H3;12,15H,5-11H2,1-4H3/t;;12-,15-/m..0/s1. The fourth-order valence-electron chi connectivity index (χ4n) is 7.30. The molecule has 60 heavy (non-hydrogen) atoms. The Morgan fingerprint density at radius 3 is 1.07 bits per heavy atom. The van der Waals surface area contributed by atoms with Crippen molar-refractivity contribution in [3.05, 3.63) is 0 Å². The fraction of sp³-hybridized carbons (Fsp3) is 0.961. The molecule has 0 aromatic heterocycles. The van der Waals surface area contributed by atoms with Gasteiger partial charge in [0.25, 0.3) is 0 Å². The molecule has 360 valence electrons. The van der Waals surface area contributed by atoms with E-state index in [1.807, 2.05) is 38.0 Å². The monoisotopic (exact) mass is 857 g/mol. The third-order valence-corrected chi connectivity index (χ3v) is 11.3. The van der Waals surface area contributed by atoms with E-state index in [4.69, 9.17) is 24.4 Å². The van der Waals surface area contributed by atoms with Gasteiger partial charge in [-0.15, -0.1) is 0 Å². The summed E-state index contributed by atoms with van der Waals surface area (Å²) in [5.41, 5.74) is 0. The number of carbonyl (C=O) groups is 2. The topological polar surface area (TPSA) is 109 Å². The number of aliphatic hydroxyl groups is 2. The van der Waals surface area contributed by atoms with Crippen molar-refractivity contribution in [1.82, 2.24) is 9.80 Å². The van der Waals surface area contributed by atoms with Crippen LogP contribution in [0.15, 0.2) is 0 Å².